The van der Waals surface area contributed by atoms with Crippen LogP contribution in [0.3, 0.4) is 0 Å². The maximum Gasteiger partial charge on any atom is 0.239 e. The highest BCUT2D eigenvalue weighted by Gasteiger charge is 2.53. The molecule has 1 amide bonds. The summed E-state index contributed by atoms with van der Waals surface area (Å²) in [5, 5.41) is 10.0. The molecule has 1 N–H and O–H groups in total. The highest BCUT2D eigenvalue weighted by atomic mass is 32.2. The van der Waals surface area contributed by atoms with Crippen LogP contribution in [0.4, 0.5) is 0 Å². The van der Waals surface area contributed by atoms with Crippen molar-refractivity contribution in [1.29, 1.82) is 0 Å². The lowest BCUT2D eigenvalue weighted by Crippen LogP contribution is -2.65. The fraction of sp³-hybridized carbons (Fsp3) is 0.900. The van der Waals surface area contributed by atoms with Gasteiger partial charge in [-0.05, 0) is 18.8 Å². The molecule has 1 saturated heterocycles. The van der Waals surface area contributed by atoms with Crippen LogP contribution in [0.25, 0.3) is 0 Å². The van der Waals surface area contributed by atoms with Gasteiger partial charge in [0.05, 0.1) is 13.1 Å². The minimum absolute atomic E-state index is 0.277. The Hall–Kier alpha value is -0.660. The number of carbonyl (C=O) groups excluding carboxylic acids is 1. The third-order valence-electron chi connectivity index (χ3n) is 3.48. The van der Waals surface area contributed by atoms with E-state index < -0.39 is 27.3 Å². The van der Waals surface area contributed by atoms with Gasteiger partial charge in [0.1, 0.15) is 11.4 Å². The minimum atomic E-state index is -3.50. The van der Waals surface area contributed by atoms with E-state index in [4.69, 9.17) is 0 Å². The fourth-order valence-electron chi connectivity index (χ4n) is 2.05. The van der Waals surface area contributed by atoms with Crippen LogP contribution in [0.15, 0.2) is 0 Å². The Labute approximate surface area is 101 Å². The zero-order chi connectivity index (χ0) is 12.8. The number of amides is 1. The van der Waals surface area contributed by atoms with Crippen molar-refractivity contribution < 1.29 is 18.3 Å². The van der Waals surface area contributed by atoms with E-state index in [-0.39, 0.29) is 13.1 Å². The first kappa shape index (κ1) is 12.8. The molecular weight excluding hydrogens is 244 g/mol. The summed E-state index contributed by atoms with van der Waals surface area (Å²) in [5.74, 6) is -0.637. The number of hydrogen-bond donors (Lipinski definition) is 1. The minimum Gasteiger partial charge on any atom is -0.386 e. The average Bonchev–Trinajstić information content (AvgIpc) is 2.94. The van der Waals surface area contributed by atoms with Crippen molar-refractivity contribution in [3.05, 3.63) is 0 Å². The molecule has 0 aromatic carbocycles. The molecule has 0 unspecified atom stereocenters. The zero-order valence-electron chi connectivity index (χ0n) is 10.1. The molecule has 0 spiro atoms. The molecule has 2 fully saturated rings. The fourth-order valence-corrected chi connectivity index (χ4v) is 2.80. The monoisotopic (exact) mass is 262 g/mol. The maximum absolute atomic E-state index is 11.7. The molecule has 0 aromatic heterocycles. The topological polar surface area (TPSA) is 77.9 Å². The van der Waals surface area contributed by atoms with E-state index in [0.717, 1.165) is 17.1 Å². The van der Waals surface area contributed by atoms with Gasteiger partial charge >= 0.3 is 0 Å². The van der Waals surface area contributed by atoms with Gasteiger partial charge in [0.15, 0.2) is 0 Å². The molecule has 0 atom stereocenters. The summed E-state index contributed by atoms with van der Waals surface area (Å²) in [5.41, 5.74) is -0.752. The zero-order valence-corrected chi connectivity index (χ0v) is 10.9. The molecule has 17 heavy (non-hydrogen) atoms. The first-order chi connectivity index (χ1) is 7.74. The molecule has 2 rings (SSSR count). The Kier molecular flexibility index (Phi) is 2.95. The largest absolute Gasteiger partial charge is 0.386 e. The van der Waals surface area contributed by atoms with Gasteiger partial charge in [-0.15, -0.1) is 0 Å². The standard InChI is InChI=1S/C10H18N2O4S/c1-11(2)17(15,16)5-9(13)12-6-10(14,7-12)8-3-4-8/h8,14H,3-7H2,1-2H3. The van der Waals surface area contributed by atoms with Crippen LogP contribution in [0.2, 0.25) is 0 Å². The van der Waals surface area contributed by atoms with E-state index in [0.29, 0.717) is 5.92 Å². The van der Waals surface area contributed by atoms with Crippen molar-refractivity contribution >= 4 is 15.9 Å². The van der Waals surface area contributed by atoms with Crippen LogP contribution >= 0.6 is 0 Å². The molecule has 1 saturated carbocycles. The number of aliphatic hydroxyl groups is 1. The second-order valence-corrected chi connectivity index (χ2v) is 7.35. The summed E-state index contributed by atoms with van der Waals surface area (Å²) < 4.78 is 24.1. The van der Waals surface area contributed by atoms with E-state index in [1.165, 1.54) is 19.0 Å². The third kappa shape index (κ3) is 2.46. The molecule has 0 bridgehead atoms. The summed E-state index contributed by atoms with van der Waals surface area (Å²) in [7, 11) is -0.696. The van der Waals surface area contributed by atoms with Crippen LogP contribution in [0, 0.1) is 5.92 Å². The predicted octanol–water partition coefficient (Wildman–Crippen LogP) is -1.14. The lowest BCUT2D eigenvalue weighted by Gasteiger charge is -2.47. The number of rotatable bonds is 4. The van der Waals surface area contributed by atoms with Crippen LogP contribution < -0.4 is 0 Å². The summed E-state index contributed by atoms with van der Waals surface area (Å²) in [6, 6.07) is 0. The molecule has 1 heterocycles. The third-order valence-corrected chi connectivity index (χ3v) is 5.21. The molecule has 98 valence electrons. The quantitative estimate of drug-likeness (QED) is 0.695. The Morgan fingerprint density at radius 3 is 2.35 bits per heavy atom. The van der Waals surface area contributed by atoms with Gasteiger partial charge in [-0.2, -0.15) is 0 Å². The van der Waals surface area contributed by atoms with Gasteiger partial charge in [0.25, 0.3) is 0 Å². The van der Waals surface area contributed by atoms with E-state index in [2.05, 4.69) is 0 Å². The van der Waals surface area contributed by atoms with Crippen molar-refractivity contribution in [3.63, 3.8) is 0 Å². The molecule has 7 heteroatoms. The van der Waals surface area contributed by atoms with Crippen LogP contribution in [-0.4, -0.2) is 67.2 Å². The molecule has 0 aromatic rings. The van der Waals surface area contributed by atoms with Gasteiger partial charge in [-0.1, -0.05) is 0 Å². The first-order valence-corrected chi connectivity index (χ1v) is 7.26. The molecule has 0 radical (unpaired) electrons. The molecule has 1 aliphatic carbocycles. The highest BCUT2D eigenvalue weighted by Crippen LogP contribution is 2.44. The maximum atomic E-state index is 11.7. The highest BCUT2D eigenvalue weighted by molar-refractivity contribution is 7.89. The number of β-amino-alcohol motifs (C(OH)–C–C–N with tert-alkyl or cyclic N) is 1. The van der Waals surface area contributed by atoms with E-state index >= 15 is 0 Å². The van der Waals surface area contributed by atoms with Crippen molar-refractivity contribution in [1.82, 2.24) is 9.21 Å². The summed E-state index contributed by atoms with van der Waals surface area (Å²) >= 11 is 0. The number of nitrogens with zero attached hydrogens (tertiary/aromatic N) is 2. The Bertz CT molecular complexity index is 422. The summed E-state index contributed by atoms with van der Waals surface area (Å²) in [6.07, 6.45) is 2.02. The average molecular weight is 262 g/mol. The van der Waals surface area contributed by atoms with Crippen molar-refractivity contribution in [2.45, 2.75) is 18.4 Å². The Morgan fingerprint density at radius 2 is 1.94 bits per heavy atom. The predicted molar refractivity (Wildman–Crippen MR) is 61.7 cm³/mol. The Morgan fingerprint density at radius 1 is 1.41 bits per heavy atom. The lowest BCUT2D eigenvalue weighted by molar-refractivity contribution is -0.156. The van der Waals surface area contributed by atoms with Crippen LogP contribution in [0.1, 0.15) is 12.8 Å². The van der Waals surface area contributed by atoms with E-state index in [9.17, 15) is 18.3 Å². The number of carbonyl (C=O) groups is 1. The van der Waals surface area contributed by atoms with E-state index in [1.54, 1.807) is 0 Å². The number of likely N-dealkylation sites (tertiary alicyclic amines) is 1. The van der Waals surface area contributed by atoms with Gasteiger partial charge in [0, 0.05) is 14.1 Å². The Balaban J connectivity index is 1.87. The van der Waals surface area contributed by atoms with Gasteiger partial charge in [0.2, 0.25) is 15.9 Å². The SMILES string of the molecule is CN(C)S(=O)(=O)CC(=O)N1CC(O)(C2CC2)C1. The molecular formula is C10H18N2O4S. The lowest BCUT2D eigenvalue weighted by atomic mass is 9.89. The summed E-state index contributed by atoms with van der Waals surface area (Å²) in [4.78, 5) is 13.1. The normalized spacial score (nSPS) is 23.6. The second-order valence-electron chi connectivity index (χ2n) is 5.17. The van der Waals surface area contributed by atoms with Gasteiger partial charge in [-0.3, -0.25) is 4.79 Å². The van der Waals surface area contributed by atoms with E-state index in [1.807, 2.05) is 0 Å². The van der Waals surface area contributed by atoms with Crippen LogP contribution in [-0.2, 0) is 14.8 Å². The molecule has 6 nitrogen and oxygen atoms in total. The van der Waals surface area contributed by atoms with Gasteiger partial charge < -0.3 is 10.0 Å². The second kappa shape index (κ2) is 3.93. The smallest absolute Gasteiger partial charge is 0.239 e. The van der Waals surface area contributed by atoms with Crippen LogP contribution in [0.5, 0.6) is 0 Å². The first-order valence-electron chi connectivity index (χ1n) is 5.65. The van der Waals surface area contributed by atoms with Crippen molar-refractivity contribution in [2.24, 2.45) is 5.92 Å². The van der Waals surface area contributed by atoms with Gasteiger partial charge in [-0.25, -0.2) is 12.7 Å². The molecule has 1 aliphatic heterocycles. The molecule has 2 aliphatic rings. The number of hydrogen-bond acceptors (Lipinski definition) is 4. The van der Waals surface area contributed by atoms with Crippen molar-refractivity contribution in [2.75, 3.05) is 32.9 Å². The number of sulfonamides is 1. The van der Waals surface area contributed by atoms with Crippen molar-refractivity contribution in [3.8, 4) is 0 Å². The summed E-state index contributed by atoms with van der Waals surface area (Å²) in [6.45, 7) is 0.554.